The molecule has 1 unspecified atom stereocenters. The highest BCUT2D eigenvalue weighted by Gasteiger charge is 2.28. The van der Waals surface area contributed by atoms with E-state index in [2.05, 4.69) is 46.9 Å². The summed E-state index contributed by atoms with van der Waals surface area (Å²) >= 11 is 0. The van der Waals surface area contributed by atoms with Crippen LogP contribution in [0.15, 0.2) is 37.0 Å². The van der Waals surface area contributed by atoms with E-state index in [-0.39, 0.29) is 11.5 Å². The van der Waals surface area contributed by atoms with Gasteiger partial charge < -0.3 is 4.74 Å². The molecule has 0 saturated heterocycles. The Hall–Kier alpha value is -1.31. The molecule has 0 rings (SSSR count). The van der Waals surface area contributed by atoms with Gasteiger partial charge in [-0.25, -0.2) is 4.79 Å². The first-order valence-corrected chi connectivity index (χ1v) is 5.42. The Morgan fingerprint density at radius 2 is 1.94 bits per heavy atom. The molecule has 2 nitrogen and oxygen atoms in total. The molecule has 0 heterocycles. The van der Waals surface area contributed by atoms with Crippen molar-refractivity contribution in [2.24, 2.45) is 5.41 Å². The molecule has 0 aliphatic rings. The minimum Gasteiger partial charge on any atom is -0.454 e. The van der Waals surface area contributed by atoms with Crippen molar-refractivity contribution in [1.82, 2.24) is 0 Å². The molecule has 0 amide bonds. The number of rotatable bonds is 6. The topological polar surface area (TPSA) is 26.3 Å². The van der Waals surface area contributed by atoms with Gasteiger partial charge in [0.25, 0.3) is 0 Å². The van der Waals surface area contributed by atoms with Gasteiger partial charge in [-0.05, 0) is 20.3 Å². The normalized spacial score (nSPS) is 12.5. The van der Waals surface area contributed by atoms with Crippen molar-refractivity contribution in [3.8, 4) is 0 Å². The van der Waals surface area contributed by atoms with Crippen molar-refractivity contribution in [3.05, 3.63) is 37.0 Å². The Labute approximate surface area is 98.7 Å². The molecule has 0 N–H and O–H groups in total. The quantitative estimate of drug-likeness (QED) is 0.389. The molecule has 0 aromatic heterocycles. The second-order valence-corrected chi connectivity index (χ2v) is 4.77. The highest BCUT2D eigenvalue weighted by molar-refractivity contribution is 5.81. The van der Waals surface area contributed by atoms with E-state index in [0.717, 1.165) is 6.42 Å². The summed E-state index contributed by atoms with van der Waals surface area (Å²) in [5.41, 5.74) is 1.10. The molecule has 0 aliphatic carbocycles. The van der Waals surface area contributed by atoms with Gasteiger partial charge in [-0.3, -0.25) is 0 Å². The predicted molar refractivity (Wildman–Crippen MR) is 68.1 cm³/mol. The summed E-state index contributed by atoms with van der Waals surface area (Å²) in [6, 6.07) is 0. The van der Waals surface area contributed by atoms with E-state index >= 15 is 0 Å². The second kappa shape index (κ2) is 6.31. The lowest BCUT2D eigenvalue weighted by molar-refractivity contribution is -0.145. The zero-order chi connectivity index (χ0) is 12.8. The fourth-order valence-electron chi connectivity index (χ4n) is 1.28. The van der Waals surface area contributed by atoms with E-state index in [1.54, 1.807) is 6.08 Å². The summed E-state index contributed by atoms with van der Waals surface area (Å²) in [7, 11) is 0. The lowest BCUT2D eigenvalue weighted by Crippen LogP contribution is -2.31. The third-order valence-corrected chi connectivity index (χ3v) is 2.43. The smallest absolute Gasteiger partial charge is 0.330 e. The molecule has 0 bridgehead atoms. The Kier molecular flexibility index (Phi) is 5.79. The van der Waals surface area contributed by atoms with Crippen LogP contribution in [0.4, 0.5) is 0 Å². The van der Waals surface area contributed by atoms with Crippen LogP contribution in [0.3, 0.4) is 0 Å². The highest BCUT2D eigenvalue weighted by atomic mass is 16.5. The van der Waals surface area contributed by atoms with E-state index in [1.165, 1.54) is 11.6 Å². The molecule has 0 aromatic rings. The largest absolute Gasteiger partial charge is 0.454 e. The van der Waals surface area contributed by atoms with Gasteiger partial charge in [0.15, 0.2) is 0 Å². The average molecular weight is 222 g/mol. The van der Waals surface area contributed by atoms with E-state index in [1.807, 2.05) is 0 Å². The molecular weight excluding hydrogens is 200 g/mol. The van der Waals surface area contributed by atoms with Crippen molar-refractivity contribution in [2.75, 3.05) is 0 Å². The van der Waals surface area contributed by atoms with Crippen LogP contribution in [-0.2, 0) is 9.53 Å². The van der Waals surface area contributed by atoms with Crippen molar-refractivity contribution >= 4 is 5.97 Å². The van der Waals surface area contributed by atoms with Gasteiger partial charge in [-0.15, -0.1) is 0 Å². The van der Waals surface area contributed by atoms with E-state index in [0.29, 0.717) is 0 Å². The van der Waals surface area contributed by atoms with Crippen LogP contribution in [0.2, 0.25) is 0 Å². The lowest BCUT2D eigenvalue weighted by Gasteiger charge is -2.30. The molecule has 0 saturated carbocycles. The summed E-state index contributed by atoms with van der Waals surface area (Å²) in [6.45, 7) is 15.3. The summed E-state index contributed by atoms with van der Waals surface area (Å²) < 4.78 is 5.24. The fourth-order valence-corrected chi connectivity index (χ4v) is 1.28. The molecule has 16 heavy (non-hydrogen) atoms. The van der Waals surface area contributed by atoms with Crippen LogP contribution in [0.1, 0.15) is 34.1 Å². The maximum atomic E-state index is 11.2. The Morgan fingerprint density at radius 3 is 2.31 bits per heavy atom. The van der Waals surface area contributed by atoms with E-state index in [9.17, 15) is 4.79 Å². The number of carbonyl (C=O) groups excluding carboxylic acids is 1. The number of carbonyl (C=O) groups is 1. The van der Waals surface area contributed by atoms with Gasteiger partial charge in [-0.1, -0.05) is 44.7 Å². The van der Waals surface area contributed by atoms with Crippen LogP contribution in [0.5, 0.6) is 0 Å². The predicted octanol–water partition coefficient (Wildman–Crippen LogP) is 3.65. The average Bonchev–Trinajstić information content (AvgIpc) is 2.22. The molecule has 0 fully saturated rings. The first-order chi connectivity index (χ1) is 7.33. The van der Waals surface area contributed by atoms with Gasteiger partial charge in [0.2, 0.25) is 0 Å². The van der Waals surface area contributed by atoms with Gasteiger partial charge in [0, 0.05) is 11.5 Å². The number of hydrogen-bond acceptors (Lipinski definition) is 2. The molecule has 0 aromatic carbocycles. The molecular formula is C14H22O2. The Morgan fingerprint density at radius 1 is 1.38 bits per heavy atom. The maximum absolute atomic E-state index is 11.2. The minimum atomic E-state index is -0.407. The summed E-state index contributed by atoms with van der Waals surface area (Å²) in [6.07, 6.45) is 5.52. The number of esters is 1. The monoisotopic (exact) mass is 222 g/mol. The van der Waals surface area contributed by atoms with Gasteiger partial charge in [-0.2, -0.15) is 0 Å². The molecule has 0 spiro atoms. The van der Waals surface area contributed by atoms with E-state index in [4.69, 9.17) is 4.74 Å². The molecule has 2 heteroatoms. The zero-order valence-corrected chi connectivity index (χ0v) is 10.7. The third kappa shape index (κ3) is 4.96. The maximum Gasteiger partial charge on any atom is 0.330 e. The molecule has 0 radical (unpaired) electrons. The number of allylic oxidation sites excluding steroid dienone is 2. The zero-order valence-electron chi connectivity index (χ0n) is 10.7. The van der Waals surface area contributed by atoms with Crippen LogP contribution in [-0.4, -0.2) is 12.1 Å². The summed E-state index contributed by atoms with van der Waals surface area (Å²) in [4.78, 5) is 11.2. The van der Waals surface area contributed by atoms with Gasteiger partial charge in [0.05, 0.1) is 0 Å². The number of hydrogen-bond donors (Lipinski definition) is 0. The Bertz CT molecular complexity index is 294. The van der Waals surface area contributed by atoms with Crippen molar-refractivity contribution in [2.45, 2.75) is 40.2 Å². The van der Waals surface area contributed by atoms with E-state index < -0.39 is 5.97 Å². The van der Waals surface area contributed by atoms with Crippen LogP contribution in [0.25, 0.3) is 0 Å². The van der Waals surface area contributed by atoms with Crippen molar-refractivity contribution < 1.29 is 9.53 Å². The summed E-state index contributed by atoms with van der Waals surface area (Å²) in [5.74, 6) is -0.407. The number of ether oxygens (including phenoxy) is 1. The van der Waals surface area contributed by atoms with Crippen molar-refractivity contribution in [3.63, 3.8) is 0 Å². The minimum absolute atomic E-state index is 0.155. The molecule has 1 atom stereocenters. The standard InChI is InChI=1S/C14H22O2/c1-7-12(16-13(15)8-2)14(5,6)10-9-11(3)4/h7-9,12H,1-2,10H2,3-6H3. The van der Waals surface area contributed by atoms with Gasteiger partial charge in [0.1, 0.15) is 6.10 Å². The highest BCUT2D eigenvalue weighted by Crippen LogP contribution is 2.29. The summed E-state index contributed by atoms with van der Waals surface area (Å²) in [5, 5.41) is 0. The lowest BCUT2D eigenvalue weighted by atomic mass is 9.82. The first-order valence-electron chi connectivity index (χ1n) is 5.42. The third-order valence-electron chi connectivity index (χ3n) is 2.43. The molecule has 0 aliphatic heterocycles. The van der Waals surface area contributed by atoms with Crippen LogP contribution >= 0.6 is 0 Å². The molecule has 90 valence electrons. The Balaban J connectivity index is 4.65. The van der Waals surface area contributed by atoms with Crippen LogP contribution in [0, 0.1) is 5.41 Å². The second-order valence-electron chi connectivity index (χ2n) is 4.77. The first kappa shape index (κ1) is 14.7. The fraction of sp³-hybridized carbons (Fsp3) is 0.500. The van der Waals surface area contributed by atoms with Crippen LogP contribution < -0.4 is 0 Å². The van der Waals surface area contributed by atoms with Crippen molar-refractivity contribution in [1.29, 1.82) is 0 Å². The SMILES string of the molecule is C=CC(=O)OC(C=C)C(C)(C)CC=C(C)C. The van der Waals surface area contributed by atoms with Gasteiger partial charge >= 0.3 is 5.97 Å².